The molecule has 0 saturated heterocycles. The zero-order valence-corrected chi connectivity index (χ0v) is 9.77. The topological polar surface area (TPSA) is 72.8 Å². The van der Waals surface area contributed by atoms with Crippen LogP contribution in [0.5, 0.6) is 0 Å². The zero-order valence-electron chi connectivity index (χ0n) is 9.77. The quantitative estimate of drug-likeness (QED) is 0.707. The third kappa shape index (κ3) is 5.06. The van der Waals surface area contributed by atoms with E-state index < -0.39 is 36.4 Å². The van der Waals surface area contributed by atoms with Crippen LogP contribution in [0.2, 0.25) is 0 Å². The molecule has 0 aliphatic heterocycles. The molecule has 0 saturated carbocycles. The Hall–Kier alpha value is -1.17. The van der Waals surface area contributed by atoms with E-state index in [1.807, 2.05) is 0 Å². The Morgan fingerprint density at radius 2 is 1.38 bits per heavy atom. The summed E-state index contributed by atoms with van der Waals surface area (Å²) in [5.74, 6) is -2.45. The summed E-state index contributed by atoms with van der Waals surface area (Å²) in [5.41, 5.74) is 0. The smallest absolute Gasteiger partial charge is 0.344 e. The maximum atomic E-state index is 13.2. The SMILES string of the molecule is CC(C)OC(=O)[C@@H](O)[C@H](F)C(=O)OC(C)C. The highest BCUT2D eigenvalue weighted by atomic mass is 19.1. The second kappa shape index (κ2) is 6.42. The van der Waals surface area contributed by atoms with E-state index in [2.05, 4.69) is 9.47 Å². The lowest BCUT2D eigenvalue weighted by molar-refractivity contribution is -0.172. The number of halogens is 1. The molecule has 0 aromatic carbocycles. The lowest BCUT2D eigenvalue weighted by Crippen LogP contribution is -2.40. The van der Waals surface area contributed by atoms with E-state index in [1.54, 1.807) is 13.8 Å². The minimum absolute atomic E-state index is 0.490. The number of aliphatic hydroxyl groups is 1. The first-order valence-corrected chi connectivity index (χ1v) is 4.98. The van der Waals surface area contributed by atoms with E-state index in [0.717, 1.165) is 0 Å². The van der Waals surface area contributed by atoms with Crippen LogP contribution < -0.4 is 0 Å². The molecule has 0 fully saturated rings. The van der Waals surface area contributed by atoms with Crippen LogP contribution in [0.3, 0.4) is 0 Å². The zero-order chi connectivity index (χ0) is 12.9. The first kappa shape index (κ1) is 14.8. The van der Waals surface area contributed by atoms with Crippen LogP contribution in [-0.4, -0.2) is 41.5 Å². The molecule has 0 spiro atoms. The lowest BCUT2D eigenvalue weighted by Gasteiger charge is -2.16. The van der Waals surface area contributed by atoms with Crippen molar-refractivity contribution < 1.29 is 28.6 Å². The van der Waals surface area contributed by atoms with E-state index in [9.17, 15) is 14.0 Å². The molecule has 6 heteroatoms. The standard InChI is InChI=1S/C10H17FO5/c1-5(2)15-9(13)7(11)8(12)10(14)16-6(3)4/h5-8,12H,1-4H3/t7-,8-/m0/s1. The number of hydrogen-bond donors (Lipinski definition) is 1. The van der Waals surface area contributed by atoms with Crippen molar-refractivity contribution in [3.05, 3.63) is 0 Å². The molecule has 2 atom stereocenters. The van der Waals surface area contributed by atoms with Crippen molar-refractivity contribution in [3.63, 3.8) is 0 Å². The monoisotopic (exact) mass is 236 g/mol. The fraction of sp³-hybridized carbons (Fsp3) is 0.800. The van der Waals surface area contributed by atoms with E-state index >= 15 is 0 Å². The molecule has 94 valence electrons. The van der Waals surface area contributed by atoms with Crippen molar-refractivity contribution in [2.45, 2.75) is 52.2 Å². The van der Waals surface area contributed by atoms with Gasteiger partial charge in [0, 0.05) is 0 Å². The number of carbonyl (C=O) groups excluding carboxylic acids is 2. The summed E-state index contributed by atoms with van der Waals surface area (Å²) in [6.45, 7) is 6.15. The second-order valence-corrected chi connectivity index (χ2v) is 3.82. The average molecular weight is 236 g/mol. The molecular formula is C10H17FO5. The van der Waals surface area contributed by atoms with Crippen molar-refractivity contribution in [3.8, 4) is 0 Å². The number of alkyl halides is 1. The fourth-order valence-corrected chi connectivity index (χ4v) is 0.848. The minimum atomic E-state index is -2.42. The van der Waals surface area contributed by atoms with Crippen molar-refractivity contribution in [1.29, 1.82) is 0 Å². The third-order valence-corrected chi connectivity index (χ3v) is 1.45. The summed E-state index contributed by atoms with van der Waals surface area (Å²) < 4.78 is 22.3. The molecule has 0 bridgehead atoms. The summed E-state index contributed by atoms with van der Waals surface area (Å²) in [6, 6.07) is 0. The number of rotatable bonds is 5. The number of esters is 2. The summed E-state index contributed by atoms with van der Waals surface area (Å²) in [4.78, 5) is 22.1. The maximum Gasteiger partial charge on any atom is 0.344 e. The number of hydrogen-bond acceptors (Lipinski definition) is 5. The van der Waals surface area contributed by atoms with Gasteiger partial charge >= 0.3 is 11.9 Å². The number of ether oxygens (including phenoxy) is 2. The Labute approximate surface area is 93.5 Å². The van der Waals surface area contributed by atoms with Crippen LogP contribution in [0.4, 0.5) is 4.39 Å². The molecule has 0 aromatic heterocycles. The highest BCUT2D eigenvalue weighted by Crippen LogP contribution is 2.07. The molecule has 0 amide bonds. The fourth-order valence-electron chi connectivity index (χ4n) is 0.848. The van der Waals surface area contributed by atoms with E-state index in [-0.39, 0.29) is 0 Å². The number of aliphatic hydroxyl groups excluding tert-OH is 1. The van der Waals surface area contributed by atoms with Gasteiger partial charge in [0.15, 0.2) is 6.10 Å². The summed E-state index contributed by atoms with van der Waals surface area (Å²) in [6.07, 6.45) is -5.57. The minimum Gasteiger partial charge on any atom is -0.461 e. The molecule has 1 N–H and O–H groups in total. The average Bonchev–Trinajstić information content (AvgIpc) is 2.13. The van der Waals surface area contributed by atoms with Gasteiger partial charge in [0.25, 0.3) is 0 Å². The lowest BCUT2D eigenvalue weighted by atomic mass is 10.2. The Morgan fingerprint density at radius 1 is 1.00 bits per heavy atom. The predicted molar refractivity (Wildman–Crippen MR) is 53.4 cm³/mol. The Balaban J connectivity index is 4.31. The summed E-state index contributed by atoms with van der Waals surface area (Å²) >= 11 is 0. The van der Waals surface area contributed by atoms with Crippen molar-refractivity contribution in [2.24, 2.45) is 0 Å². The highest BCUT2D eigenvalue weighted by molar-refractivity contribution is 5.85. The van der Waals surface area contributed by atoms with Gasteiger partial charge in [0.2, 0.25) is 6.17 Å². The van der Waals surface area contributed by atoms with Gasteiger partial charge in [-0.1, -0.05) is 0 Å². The Morgan fingerprint density at radius 3 is 1.75 bits per heavy atom. The largest absolute Gasteiger partial charge is 0.461 e. The Kier molecular flexibility index (Phi) is 5.95. The Bertz CT molecular complexity index is 226. The van der Waals surface area contributed by atoms with Crippen LogP contribution in [-0.2, 0) is 19.1 Å². The van der Waals surface area contributed by atoms with E-state index in [1.165, 1.54) is 13.8 Å². The van der Waals surface area contributed by atoms with Gasteiger partial charge in [0.05, 0.1) is 12.2 Å². The van der Waals surface area contributed by atoms with Gasteiger partial charge in [0.1, 0.15) is 0 Å². The molecule has 0 aromatic rings. The van der Waals surface area contributed by atoms with Crippen molar-refractivity contribution >= 4 is 11.9 Å². The van der Waals surface area contributed by atoms with Gasteiger partial charge in [-0.15, -0.1) is 0 Å². The van der Waals surface area contributed by atoms with E-state index in [4.69, 9.17) is 5.11 Å². The van der Waals surface area contributed by atoms with Crippen LogP contribution in [0.25, 0.3) is 0 Å². The molecule has 5 nitrogen and oxygen atoms in total. The summed E-state index contributed by atoms with van der Waals surface area (Å²) in [5, 5.41) is 9.17. The molecule has 0 rings (SSSR count). The molecule has 0 heterocycles. The van der Waals surface area contributed by atoms with Crippen LogP contribution in [0.1, 0.15) is 27.7 Å². The van der Waals surface area contributed by atoms with Crippen molar-refractivity contribution in [2.75, 3.05) is 0 Å². The highest BCUT2D eigenvalue weighted by Gasteiger charge is 2.35. The van der Waals surface area contributed by atoms with Gasteiger partial charge in [-0.25, -0.2) is 14.0 Å². The molecule has 0 aliphatic carbocycles. The third-order valence-electron chi connectivity index (χ3n) is 1.45. The number of carbonyl (C=O) groups is 2. The first-order valence-electron chi connectivity index (χ1n) is 4.98. The molecule has 16 heavy (non-hydrogen) atoms. The second-order valence-electron chi connectivity index (χ2n) is 3.82. The molecular weight excluding hydrogens is 219 g/mol. The molecule has 0 aliphatic rings. The predicted octanol–water partition coefficient (Wildman–Crippen LogP) is 0.589. The van der Waals surface area contributed by atoms with Crippen LogP contribution >= 0.6 is 0 Å². The first-order chi connectivity index (χ1) is 7.25. The van der Waals surface area contributed by atoms with Gasteiger partial charge in [-0.3, -0.25) is 0 Å². The van der Waals surface area contributed by atoms with Gasteiger partial charge in [-0.05, 0) is 27.7 Å². The molecule has 0 radical (unpaired) electrons. The normalized spacial score (nSPS) is 14.8. The van der Waals surface area contributed by atoms with E-state index in [0.29, 0.717) is 0 Å². The summed E-state index contributed by atoms with van der Waals surface area (Å²) in [7, 11) is 0. The van der Waals surface area contributed by atoms with Gasteiger partial charge < -0.3 is 14.6 Å². The maximum absolute atomic E-state index is 13.2. The van der Waals surface area contributed by atoms with Crippen molar-refractivity contribution in [1.82, 2.24) is 0 Å². The van der Waals surface area contributed by atoms with Crippen LogP contribution in [0, 0.1) is 0 Å². The van der Waals surface area contributed by atoms with Crippen LogP contribution in [0.15, 0.2) is 0 Å². The molecule has 0 unspecified atom stereocenters. The van der Waals surface area contributed by atoms with Gasteiger partial charge in [-0.2, -0.15) is 0 Å².